The first-order chi connectivity index (χ1) is 13.9. The molecule has 1 fully saturated rings. The van der Waals surface area contributed by atoms with Crippen LogP contribution >= 0.6 is 0 Å². The van der Waals surface area contributed by atoms with Crippen molar-refractivity contribution in [2.45, 2.75) is 38.0 Å². The number of nitrogens with one attached hydrogen (secondary N) is 1. The molecule has 6 nitrogen and oxygen atoms in total. The van der Waals surface area contributed by atoms with Gasteiger partial charge in [-0.05, 0) is 13.0 Å². The third-order valence-corrected chi connectivity index (χ3v) is 4.49. The maximum Gasteiger partial charge on any atom is 0.425 e. The van der Waals surface area contributed by atoms with Gasteiger partial charge >= 0.3 is 6.18 Å². The molecule has 2 heterocycles. The van der Waals surface area contributed by atoms with Crippen LogP contribution in [0.25, 0.3) is 11.3 Å². The molecule has 1 aliphatic rings. The van der Waals surface area contributed by atoms with Crippen LogP contribution in [0.15, 0.2) is 24.7 Å². The van der Waals surface area contributed by atoms with Gasteiger partial charge in [-0.25, -0.2) is 23.1 Å². The second-order valence-electron chi connectivity index (χ2n) is 6.88. The predicted octanol–water partition coefficient (Wildman–Crippen LogP) is 4.03. The van der Waals surface area contributed by atoms with E-state index in [2.05, 4.69) is 25.0 Å². The maximum atomic E-state index is 14.0. The quantitative estimate of drug-likeness (QED) is 0.663. The van der Waals surface area contributed by atoms with Crippen molar-refractivity contribution in [2.24, 2.45) is 5.92 Å². The minimum atomic E-state index is -4.66. The van der Waals surface area contributed by atoms with E-state index in [1.54, 1.807) is 0 Å². The van der Waals surface area contributed by atoms with E-state index in [0.717, 1.165) is 19.2 Å². The number of ketones is 1. The number of carbonyl (C=O) groups is 1. The van der Waals surface area contributed by atoms with Gasteiger partial charge in [-0.2, -0.15) is 13.2 Å². The molecule has 3 rings (SSSR count). The van der Waals surface area contributed by atoms with Crippen LogP contribution in [0.3, 0.4) is 0 Å². The number of hydrogen-bond acceptors (Lipinski definition) is 6. The van der Waals surface area contributed by atoms with Crippen molar-refractivity contribution >= 4 is 11.6 Å². The molecule has 1 saturated carbocycles. The molecule has 12 heteroatoms. The number of halogens is 6. The first kappa shape index (κ1) is 21.8. The largest absolute Gasteiger partial charge is 0.463 e. The SMILES string of the molecule is C[C@H](Oc1ncc(-c2cnc(NCC(=O)C3CC(F)(F)C3)cn2)cc1F)C(F)(F)F. The number of Topliss-reactive ketones (excluding diaryl/α,β-unsaturated/α-hetero) is 1. The van der Waals surface area contributed by atoms with Gasteiger partial charge in [-0.15, -0.1) is 0 Å². The summed E-state index contributed by atoms with van der Waals surface area (Å²) >= 11 is 0. The van der Waals surface area contributed by atoms with E-state index in [0.29, 0.717) is 0 Å². The summed E-state index contributed by atoms with van der Waals surface area (Å²) in [4.78, 5) is 23.4. The highest BCUT2D eigenvalue weighted by molar-refractivity contribution is 5.86. The van der Waals surface area contributed by atoms with Crippen LogP contribution in [0.2, 0.25) is 0 Å². The van der Waals surface area contributed by atoms with E-state index in [-0.39, 0.29) is 29.4 Å². The topological polar surface area (TPSA) is 77.0 Å². The van der Waals surface area contributed by atoms with Gasteiger partial charge < -0.3 is 10.1 Å². The predicted molar refractivity (Wildman–Crippen MR) is 92.5 cm³/mol. The van der Waals surface area contributed by atoms with E-state index in [9.17, 15) is 31.1 Å². The molecule has 1 aliphatic carbocycles. The Kier molecular flexibility index (Phi) is 5.86. The highest BCUT2D eigenvalue weighted by Gasteiger charge is 2.48. The summed E-state index contributed by atoms with van der Waals surface area (Å²) in [6.45, 7) is 0.544. The van der Waals surface area contributed by atoms with Crippen LogP contribution in [-0.2, 0) is 4.79 Å². The van der Waals surface area contributed by atoms with Gasteiger partial charge in [0.25, 0.3) is 5.88 Å². The van der Waals surface area contributed by atoms with Crippen molar-refractivity contribution in [3.63, 3.8) is 0 Å². The zero-order valence-electron chi connectivity index (χ0n) is 15.5. The van der Waals surface area contributed by atoms with Crippen molar-refractivity contribution < 1.29 is 35.9 Å². The molecule has 30 heavy (non-hydrogen) atoms. The van der Waals surface area contributed by atoms with Crippen molar-refractivity contribution in [1.29, 1.82) is 0 Å². The number of anilines is 1. The van der Waals surface area contributed by atoms with Crippen LogP contribution in [0, 0.1) is 11.7 Å². The zero-order chi connectivity index (χ0) is 22.1. The number of carbonyl (C=O) groups excluding carboxylic acids is 1. The lowest BCUT2D eigenvalue weighted by Gasteiger charge is -2.33. The van der Waals surface area contributed by atoms with Gasteiger partial charge in [0.05, 0.1) is 24.6 Å². The summed E-state index contributed by atoms with van der Waals surface area (Å²) < 4.78 is 81.6. The third kappa shape index (κ3) is 5.16. The maximum absolute atomic E-state index is 14.0. The number of ether oxygens (including phenoxy) is 1. The lowest BCUT2D eigenvalue weighted by atomic mass is 9.78. The Balaban J connectivity index is 1.59. The van der Waals surface area contributed by atoms with E-state index in [1.807, 2.05) is 0 Å². The monoisotopic (exact) mass is 434 g/mol. The molecule has 0 aliphatic heterocycles. The molecule has 2 aromatic rings. The van der Waals surface area contributed by atoms with Gasteiger partial charge in [-0.3, -0.25) is 9.78 Å². The van der Waals surface area contributed by atoms with E-state index < -0.39 is 48.7 Å². The Morgan fingerprint density at radius 2 is 1.93 bits per heavy atom. The van der Waals surface area contributed by atoms with Gasteiger partial charge in [0.15, 0.2) is 17.7 Å². The lowest BCUT2D eigenvalue weighted by Crippen LogP contribution is -2.42. The summed E-state index contributed by atoms with van der Waals surface area (Å²) in [6, 6.07) is 0.906. The number of aromatic nitrogens is 3. The first-order valence-corrected chi connectivity index (χ1v) is 8.80. The van der Waals surface area contributed by atoms with Gasteiger partial charge in [0.2, 0.25) is 5.92 Å². The summed E-state index contributed by atoms with van der Waals surface area (Å²) in [5.41, 5.74) is 0.318. The second kappa shape index (κ2) is 8.07. The average Bonchev–Trinajstić information content (AvgIpc) is 2.65. The van der Waals surface area contributed by atoms with Crippen LogP contribution in [-0.4, -0.2) is 45.5 Å². The Labute approximate surface area is 166 Å². The molecule has 0 saturated heterocycles. The Morgan fingerprint density at radius 1 is 1.23 bits per heavy atom. The summed E-state index contributed by atoms with van der Waals surface area (Å²) in [5.74, 6) is -5.52. The highest BCUT2D eigenvalue weighted by atomic mass is 19.4. The number of alkyl halides is 5. The molecule has 0 radical (unpaired) electrons. The number of rotatable bonds is 7. The number of hydrogen-bond donors (Lipinski definition) is 1. The first-order valence-electron chi connectivity index (χ1n) is 8.80. The van der Waals surface area contributed by atoms with Crippen molar-refractivity contribution in [3.05, 3.63) is 30.5 Å². The molecule has 0 aromatic carbocycles. The molecule has 2 aromatic heterocycles. The number of nitrogens with zero attached hydrogens (tertiary/aromatic N) is 3. The minimum absolute atomic E-state index is 0.145. The molecule has 0 unspecified atom stereocenters. The average molecular weight is 434 g/mol. The van der Waals surface area contributed by atoms with E-state index in [4.69, 9.17) is 0 Å². The molecule has 1 N–H and O–H groups in total. The highest BCUT2D eigenvalue weighted by Crippen LogP contribution is 2.42. The summed E-state index contributed by atoms with van der Waals surface area (Å²) in [6.07, 6.45) is -4.26. The van der Waals surface area contributed by atoms with Crippen molar-refractivity contribution in [1.82, 2.24) is 15.0 Å². The summed E-state index contributed by atoms with van der Waals surface area (Å²) in [5, 5.41) is 2.67. The zero-order valence-corrected chi connectivity index (χ0v) is 15.5. The fourth-order valence-corrected chi connectivity index (χ4v) is 2.67. The molecular weight excluding hydrogens is 418 g/mol. The van der Waals surface area contributed by atoms with E-state index >= 15 is 0 Å². The van der Waals surface area contributed by atoms with Crippen LogP contribution in [0.4, 0.5) is 32.2 Å². The Bertz CT molecular complexity index is 912. The van der Waals surface area contributed by atoms with Crippen LogP contribution in [0.1, 0.15) is 19.8 Å². The molecule has 1 atom stereocenters. The normalized spacial score (nSPS) is 17.2. The molecule has 0 spiro atoms. The molecular formula is C18H16F6N4O2. The molecule has 0 amide bonds. The lowest BCUT2D eigenvalue weighted by molar-refractivity contribution is -0.190. The fraction of sp³-hybridized carbons (Fsp3) is 0.444. The second-order valence-corrected chi connectivity index (χ2v) is 6.88. The van der Waals surface area contributed by atoms with Gasteiger partial charge in [0, 0.05) is 30.5 Å². The Morgan fingerprint density at radius 3 is 2.47 bits per heavy atom. The standard InChI is InChI=1S/C18H16F6N4O2/c1-9(18(22,23)24)30-16-12(19)2-10(5-28-16)13-6-26-15(8-25-13)27-7-14(29)11-3-17(20,21)4-11/h2,5-6,8-9,11H,3-4,7H2,1H3,(H,26,27)/t9-/m0/s1. The van der Waals surface area contributed by atoms with Crippen LogP contribution in [0.5, 0.6) is 5.88 Å². The number of pyridine rings is 1. The van der Waals surface area contributed by atoms with Crippen LogP contribution < -0.4 is 10.1 Å². The summed E-state index contributed by atoms with van der Waals surface area (Å²) in [7, 11) is 0. The molecule has 162 valence electrons. The van der Waals surface area contributed by atoms with Crippen molar-refractivity contribution in [2.75, 3.05) is 11.9 Å². The fourth-order valence-electron chi connectivity index (χ4n) is 2.67. The Hall–Kier alpha value is -2.92. The van der Waals surface area contributed by atoms with E-state index in [1.165, 1.54) is 12.4 Å². The molecule has 0 bridgehead atoms. The third-order valence-electron chi connectivity index (χ3n) is 4.49. The minimum Gasteiger partial charge on any atom is -0.463 e. The van der Waals surface area contributed by atoms with Gasteiger partial charge in [-0.1, -0.05) is 0 Å². The smallest absolute Gasteiger partial charge is 0.425 e. The van der Waals surface area contributed by atoms with Crippen molar-refractivity contribution in [3.8, 4) is 17.1 Å². The van der Waals surface area contributed by atoms with Gasteiger partial charge in [0.1, 0.15) is 5.82 Å².